The van der Waals surface area contributed by atoms with Crippen LogP contribution in [-0.4, -0.2) is 55.5 Å². The topological polar surface area (TPSA) is 60.9 Å². The second-order valence-corrected chi connectivity index (χ2v) is 9.29. The predicted molar refractivity (Wildman–Crippen MR) is 107 cm³/mol. The van der Waals surface area contributed by atoms with Crippen molar-refractivity contribution in [3.63, 3.8) is 0 Å². The van der Waals surface area contributed by atoms with E-state index in [0.717, 1.165) is 11.1 Å². The summed E-state index contributed by atoms with van der Waals surface area (Å²) in [4.78, 5) is 2.47. The summed E-state index contributed by atoms with van der Waals surface area (Å²) >= 11 is 0. The molecule has 27 heavy (non-hydrogen) atoms. The van der Waals surface area contributed by atoms with Crippen LogP contribution in [0.1, 0.15) is 37.0 Å². The van der Waals surface area contributed by atoms with E-state index >= 15 is 0 Å². The summed E-state index contributed by atoms with van der Waals surface area (Å²) in [7, 11) is -3.46. The molecule has 0 spiro atoms. The van der Waals surface area contributed by atoms with Crippen LogP contribution in [0.2, 0.25) is 0 Å². The van der Waals surface area contributed by atoms with Gasteiger partial charge >= 0.3 is 0 Å². The van der Waals surface area contributed by atoms with Crippen LogP contribution in [0.5, 0.6) is 0 Å². The van der Waals surface area contributed by atoms with Crippen molar-refractivity contribution in [2.24, 2.45) is 0 Å². The number of piperazine rings is 1. The SMILES string of the molecule is CC(C)c1ccc(S(=O)(=O)N2CCN(C[C@@H](O)c3ccccc3)CC2)cc1. The quantitative estimate of drug-likeness (QED) is 0.827. The average Bonchev–Trinajstić information content (AvgIpc) is 2.69. The minimum Gasteiger partial charge on any atom is -0.387 e. The smallest absolute Gasteiger partial charge is 0.243 e. The van der Waals surface area contributed by atoms with Crippen molar-refractivity contribution in [2.75, 3.05) is 32.7 Å². The summed E-state index contributed by atoms with van der Waals surface area (Å²) in [5.41, 5.74) is 2.02. The molecular formula is C21H28N2O3S. The van der Waals surface area contributed by atoms with Crippen LogP contribution < -0.4 is 0 Å². The fraction of sp³-hybridized carbons (Fsp3) is 0.429. The molecule has 3 rings (SSSR count). The van der Waals surface area contributed by atoms with Crippen LogP contribution in [0.15, 0.2) is 59.5 Å². The molecule has 1 saturated heterocycles. The summed E-state index contributed by atoms with van der Waals surface area (Å²) in [5, 5.41) is 10.4. The second-order valence-electron chi connectivity index (χ2n) is 7.35. The Bertz CT molecular complexity index is 827. The fourth-order valence-electron chi connectivity index (χ4n) is 3.35. The normalized spacial score (nSPS) is 17.9. The molecule has 0 bridgehead atoms. The van der Waals surface area contributed by atoms with Crippen molar-refractivity contribution in [3.05, 3.63) is 65.7 Å². The van der Waals surface area contributed by atoms with Gasteiger partial charge in [-0.2, -0.15) is 4.31 Å². The number of hydrogen-bond acceptors (Lipinski definition) is 4. The van der Waals surface area contributed by atoms with Crippen molar-refractivity contribution in [3.8, 4) is 0 Å². The van der Waals surface area contributed by atoms with Gasteiger partial charge in [0.25, 0.3) is 0 Å². The number of aliphatic hydroxyl groups excluding tert-OH is 1. The zero-order chi connectivity index (χ0) is 19.4. The summed E-state index contributed by atoms with van der Waals surface area (Å²) < 4.78 is 27.3. The molecule has 1 aliphatic rings. The maximum Gasteiger partial charge on any atom is 0.243 e. The molecule has 1 heterocycles. The van der Waals surface area contributed by atoms with Gasteiger partial charge in [-0.25, -0.2) is 8.42 Å². The Kier molecular flexibility index (Phi) is 6.32. The molecular weight excluding hydrogens is 360 g/mol. The second kappa shape index (κ2) is 8.52. The van der Waals surface area contributed by atoms with Crippen LogP contribution in [0.3, 0.4) is 0 Å². The Labute approximate surface area is 162 Å². The van der Waals surface area contributed by atoms with E-state index in [0.29, 0.717) is 43.5 Å². The van der Waals surface area contributed by atoms with Crippen molar-refractivity contribution >= 4 is 10.0 Å². The van der Waals surface area contributed by atoms with E-state index < -0.39 is 16.1 Å². The number of rotatable bonds is 6. The molecule has 1 fully saturated rings. The molecule has 0 radical (unpaired) electrons. The van der Waals surface area contributed by atoms with Gasteiger partial charge in [-0.05, 0) is 29.2 Å². The average molecular weight is 389 g/mol. The number of β-amino-alcohol motifs (C(OH)–C–C–N with tert-alkyl or cyclic N) is 1. The monoisotopic (exact) mass is 388 g/mol. The Morgan fingerprint density at radius 2 is 1.48 bits per heavy atom. The molecule has 0 aliphatic carbocycles. The molecule has 0 unspecified atom stereocenters. The van der Waals surface area contributed by atoms with Crippen LogP contribution in [-0.2, 0) is 10.0 Å². The summed E-state index contributed by atoms with van der Waals surface area (Å²) in [5.74, 6) is 0.376. The van der Waals surface area contributed by atoms with E-state index in [-0.39, 0.29) is 0 Å². The van der Waals surface area contributed by atoms with Crippen LogP contribution >= 0.6 is 0 Å². The number of sulfonamides is 1. The van der Waals surface area contributed by atoms with Crippen molar-refractivity contribution in [1.29, 1.82) is 0 Å². The van der Waals surface area contributed by atoms with E-state index in [4.69, 9.17) is 0 Å². The third kappa shape index (κ3) is 4.76. The zero-order valence-electron chi connectivity index (χ0n) is 16.0. The molecule has 0 saturated carbocycles. The molecule has 5 nitrogen and oxygen atoms in total. The lowest BCUT2D eigenvalue weighted by atomic mass is 10.0. The van der Waals surface area contributed by atoms with Gasteiger partial charge in [0.15, 0.2) is 0 Å². The largest absolute Gasteiger partial charge is 0.387 e. The van der Waals surface area contributed by atoms with Crippen molar-refractivity contribution < 1.29 is 13.5 Å². The lowest BCUT2D eigenvalue weighted by molar-refractivity contribution is 0.0921. The Balaban J connectivity index is 1.59. The van der Waals surface area contributed by atoms with Crippen molar-refractivity contribution in [2.45, 2.75) is 30.8 Å². The summed E-state index contributed by atoms with van der Waals surface area (Å²) in [6.45, 7) is 6.81. The predicted octanol–water partition coefficient (Wildman–Crippen LogP) is 2.85. The van der Waals surface area contributed by atoms with Gasteiger partial charge in [-0.1, -0.05) is 56.3 Å². The molecule has 146 valence electrons. The zero-order valence-corrected chi connectivity index (χ0v) is 16.8. The van der Waals surface area contributed by atoms with Gasteiger partial charge in [0.2, 0.25) is 10.0 Å². The van der Waals surface area contributed by atoms with E-state index in [1.807, 2.05) is 42.5 Å². The van der Waals surface area contributed by atoms with E-state index in [1.54, 1.807) is 16.4 Å². The highest BCUT2D eigenvalue weighted by Gasteiger charge is 2.29. The van der Waals surface area contributed by atoms with Crippen LogP contribution in [0.25, 0.3) is 0 Å². The molecule has 1 atom stereocenters. The molecule has 6 heteroatoms. The molecule has 0 aromatic heterocycles. The molecule has 0 amide bonds. The number of hydrogen-bond donors (Lipinski definition) is 1. The molecule has 2 aromatic rings. The standard InChI is InChI=1S/C21H28N2O3S/c1-17(2)18-8-10-20(11-9-18)27(25,26)23-14-12-22(13-15-23)16-21(24)19-6-4-3-5-7-19/h3-11,17,21,24H,12-16H2,1-2H3/t21-/m1/s1. The first-order valence-electron chi connectivity index (χ1n) is 9.43. The molecule has 1 aliphatic heterocycles. The summed E-state index contributed by atoms with van der Waals surface area (Å²) in [6.07, 6.45) is -0.557. The van der Waals surface area contributed by atoms with E-state index in [2.05, 4.69) is 18.7 Å². The highest BCUT2D eigenvalue weighted by molar-refractivity contribution is 7.89. The molecule has 2 aromatic carbocycles. The first-order chi connectivity index (χ1) is 12.9. The van der Waals surface area contributed by atoms with Gasteiger partial charge in [-0.3, -0.25) is 4.90 Å². The number of nitrogens with zero attached hydrogens (tertiary/aromatic N) is 2. The van der Waals surface area contributed by atoms with E-state index in [9.17, 15) is 13.5 Å². The first-order valence-corrected chi connectivity index (χ1v) is 10.9. The Morgan fingerprint density at radius 1 is 0.889 bits per heavy atom. The maximum atomic E-state index is 12.9. The fourth-order valence-corrected chi connectivity index (χ4v) is 4.77. The minimum atomic E-state index is -3.46. The van der Waals surface area contributed by atoms with Gasteiger partial charge < -0.3 is 5.11 Å². The van der Waals surface area contributed by atoms with Crippen LogP contribution in [0.4, 0.5) is 0 Å². The highest BCUT2D eigenvalue weighted by atomic mass is 32.2. The lowest BCUT2D eigenvalue weighted by Gasteiger charge is -2.35. The summed E-state index contributed by atoms with van der Waals surface area (Å²) in [6, 6.07) is 16.8. The molecule has 1 N–H and O–H groups in total. The third-order valence-corrected chi connectivity index (χ3v) is 7.04. The van der Waals surface area contributed by atoms with Gasteiger partial charge in [0.05, 0.1) is 11.0 Å². The third-order valence-electron chi connectivity index (χ3n) is 5.13. The van der Waals surface area contributed by atoms with Crippen molar-refractivity contribution in [1.82, 2.24) is 9.21 Å². The highest BCUT2D eigenvalue weighted by Crippen LogP contribution is 2.22. The minimum absolute atomic E-state index is 0.352. The first kappa shape index (κ1) is 20.0. The maximum absolute atomic E-state index is 12.9. The number of aliphatic hydroxyl groups is 1. The Morgan fingerprint density at radius 3 is 2.04 bits per heavy atom. The number of benzene rings is 2. The van der Waals surface area contributed by atoms with Crippen LogP contribution in [0, 0.1) is 0 Å². The van der Waals surface area contributed by atoms with E-state index in [1.165, 1.54) is 0 Å². The van der Waals surface area contributed by atoms with Gasteiger partial charge in [-0.15, -0.1) is 0 Å². The lowest BCUT2D eigenvalue weighted by Crippen LogP contribution is -2.49. The Hall–Kier alpha value is -1.73. The van der Waals surface area contributed by atoms with Gasteiger partial charge in [0, 0.05) is 32.7 Å². The van der Waals surface area contributed by atoms with Gasteiger partial charge in [0.1, 0.15) is 0 Å².